The highest BCUT2D eigenvalue weighted by Crippen LogP contribution is 2.29. The van der Waals surface area contributed by atoms with Gasteiger partial charge in [-0.05, 0) is 19.4 Å². The molecule has 3 N–H and O–H groups in total. The fourth-order valence-corrected chi connectivity index (χ4v) is 1.92. The predicted molar refractivity (Wildman–Crippen MR) is 51.0 cm³/mol. The summed E-state index contributed by atoms with van der Waals surface area (Å²) in [6.07, 6.45) is -3.91. The topological polar surface area (TPSA) is 83.6 Å². The van der Waals surface area contributed by atoms with E-state index < -0.39 is 36.6 Å². The maximum Gasteiger partial charge on any atom is 0.403 e. The van der Waals surface area contributed by atoms with Crippen molar-refractivity contribution in [3.63, 3.8) is 0 Å². The van der Waals surface area contributed by atoms with Crippen molar-refractivity contribution in [3.05, 3.63) is 0 Å². The summed E-state index contributed by atoms with van der Waals surface area (Å²) in [6, 6.07) is -0.792. The van der Waals surface area contributed by atoms with Gasteiger partial charge in [0.2, 0.25) is 5.91 Å². The number of rotatable bonds is 4. The van der Waals surface area contributed by atoms with Crippen LogP contribution in [0.15, 0.2) is 0 Å². The maximum atomic E-state index is 12.4. The van der Waals surface area contributed by atoms with Crippen LogP contribution < -0.4 is 5.73 Å². The number of halogens is 3. The second-order valence-corrected chi connectivity index (χ2v) is 3.99. The molecule has 5 nitrogen and oxygen atoms in total. The van der Waals surface area contributed by atoms with Crippen molar-refractivity contribution < 1.29 is 27.9 Å². The number of alkyl halides is 3. The average Bonchev–Trinajstić information content (AvgIpc) is 2.59. The number of carbonyl (C=O) groups excluding carboxylic acids is 1. The molecule has 1 fully saturated rings. The molecule has 0 aromatic heterocycles. The fourth-order valence-electron chi connectivity index (χ4n) is 1.92. The van der Waals surface area contributed by atoms with E-state index in [-0.39, 0.29) is 6.54 Å². The van der Waals surface area contributed by atoms with Crippen LogP contribution in [0, 0.1) is 5.92 Å². The maximum absolute atomic E-state index is 12.4. The Labute approximate surface area is 95.4 Å². The zero-order valence-electron chi connectivity index (χ0n) is 8.91. The number of carbonyl (C=O) groups is 2. The fraction of sp³-hybridized carbons (Fsp3) is 0.778. The summed E-state index contributed by atoms with van der Waals surface area (Å²) >= 11 is 0. The van der Waals surface area contributed by atoms with Gasteiger partial charge in [-0.1, -0.05) is 0 Å². The van der Waals surface area contributed by atoms with Crippen LogP contribution >= 0.6 is 0 Å². The third-order valence-electron chi connectivity index (χ3n) is 2.80. The highest BCUT2D eigenvalue weighted by molar-refractivity contribution is 5.80. The van der Waals surface area contributed by atoms with Crippen LogP contribution in [-0.4, -0.2) is 47.2 Å². The van der Waals surface area contributed by atoms with E-state index in [1.807, 2.05) is 0 Å². The van der Waals surface area contributed by atoms with Crippen molar-refractivity contribution in [3.8, 4) is 0 Å². The van der Waals surface area contributed by atoms with Gasteiger partial charge in [0.15, 0.2) is 5.92 Å². The van der Waals surface area contributed by atoms with Gasteiger partial charge in [-0.3, -0.25) is 14.5 Å². The molecule has 0 saturated carbocycles. The van der Waals surface area contributed by atoms with Crippen molar-refractivity contribution in [2.75, 3.05) is 13.1 Å². The van der Waals surface area contributed by atoms with Gasteiger partial charge in [0.25, 0.3) is 0 Å². The lowest BCUT2D eigenvalue weighted by Crippen LogP contribution is -2.47. The van der Waals surface area contributed by atoms with E-state index in [1.165, 1.54) is 4.90 Å². The first-order valence-corrected chi connectivity index (χ1v) is 5.06. The smallest absolute Gasteiger partial charge is 0.403 e. The number of nitrogens with two attached hydrogens (primary N) is 1. The molecule has 1 rings (SSSR count). The molecule has 17 heavy (non-hydrogen) atoms. The van der Waals surface area contributed by atoms with Crippen molar-refractivity contribution in [1.29, 1.82) is 0 Å². The molecular weight excluding hydrogens is 241 g/mol. The van der Waals surface area contributed by atoms with Crippen LogP contribution in [0.3, 0.4) is 0 Å². The largest absolute Gasteiger partial charge is 0.481 e. The van der Waals surface area contributed by atoms with Gasteiger partial charge < -0.3 is 10.8 Å². The highest BCUT2D eigenvalue weighted by atomic mass is 19.4. The van der Waals surface area contributed by atoms with E-state index in [9.17, 15) is 22.8 Å². The monoisotopic (exact) mass is 254 g/mol. The predicted octanol–water partition coefficient (Wildman–Crippen LogP) is 0.199. The summed E-state index contributed by atoms with van der Waals surface area (Å²) in [5.74, 6) is -5.14. The Hall–Kier alpha value is -1.31. The molecule has 1 heterocycles. The standard InChI is InChI=1S/C9H13F3N2O3/c10-9(11,12)5(8(16)17)4-14-3-1-2-6(14)7(13)15/h5-6H,1-4H2,(H2,13,15)(H,16,17). The minimum absolute atomic E-state index is 0.257. The molecule has 1 amide bonds. The Kier molecular flexibility index (Phi) is 3.97. The van der Waals surface area contributed by atoms with Crippen molar-refractivity contribution in [1.82, 2.24) is 4.90 Å². The van der Waals surface area contributed by atoms with Crippen LogP contribution in [0.25, 0.3) is 0 Å². The Bertz CT molecular complexity index is 319. The van der Waals surface area contributed by atoms with Gasteiger partial charge in [-0.15, -0.1) is 0 Å². The normalized spacial score (nSPS) is 23.6. The van der Waals surface area contributed by atoms with Crippen molar-refractivity contribution >= 4 is 11.9 Å². The molecule has 1 aliphatic heterocycles. The van der Waals surface area contributed by atoms with Gasteiger partial charge >= 0.3 is 12.1 Å². The molecule has 0 aromatic carbocycles. The van der Waals surface area contributed by atoms with Crippen LogP contribution in [0.4, 0.5) is 13.2 Å². The number of primary amides is 1. The molecule has 8 heteroatoms. The van der Waals surface area contributed by atoms with Gasteiger partial charge in [0, 0.05) is 6.54 Å². The summed E-state index contributed by atoms with van der Waals surface area (Å²) in [5.41, 5.74) is 5.04. The minimum Gasteiger partial charge on any atom is -0.481 e. The zero-order chi connectivity index (χ0) is 13.2. The first-order chi connectivity index (χ1) is 7.73. The summed E-state index contributed by atoms with van der Waals surface area (Å²) in [6.45, 7) is -0.472. The van der Waals surface area contributed by atoms with E-state index >= 15 is 0 Å². The quantitative estimate of drug-likeness (QED) is 0.750. The number of hydrogen-bond acceptors (Lipinski definition) is 3. The summed E-state index contributed by atoms with van der Waals surface area (Å²) in [4.78, 5) is 22.7. The zero-order valence-corrected chi connectivity index (χ0v) is 8.91. The van der Waals surface area contributed by atoms with Crippen LogP contribution in [0.1, 0.15) is 12.8 Å². The molecule has 0 spiro atoms. The molecular formula is C9H13F3N2O3. The summed E-state index contributed by atoms with van der Waals surface area (Å²) in [7, 11) is 0. The van der Waals surface area contributed by atoms with Crippen molar-refractivity contribution in [2.45, 2.75) is 25.1 Å². The number of aliphatic carboxylic acids is 1. The van der Waals surface area contributed by atoms with Gasteiger partial charge in [-0.2, -0.15) is 13.2 Å². The second-order valence-electron chi connectivity index (χ2n) is 3.99. The Morgan fingerprint density at radius 3 is 2.47 bits per heavy atom. The molecule has 0 aliphatic carbocycles. The Morgan fingerprint density at radius 2 is 2.06 bits per heavy atom. The number of likely N-dealkylation sites (tertiary alicyclic amines) is 1. The van der Waals surface area contributed by atoms with Crippen molar-refractivity contribution in [2.24, 2.45) is 11.7 Å². The lowest BCUT2D eigenvalue weighted by molar-refractivity contribution is -0.197. The number of hydrogen-bond donors (Lipinski definition) is 2. The summed E-state index contributed by atoms with van der Waals surface area (Å²) < 4.78 is 37.3. The third-order valence-corrected chi connectivity index (χ3v) is 2.80. The Balaban J connectivity index is 2.74. The second kappa shape index (κ2) is 4.91. The summed E-state index contributed by atoms with van der Waals surface area (Å²) in [5, 5.41) is 8.53. The Morgan fingerprint density at radius 1 is 1.47 bits per heavy atom. The van der Waals surface area contributed by atoms with Gasteiger partial charge in [0.05, 0.1) is 6.04 Å². The molecule has 0 aromatic rings. The number of carboxylic acid groups (broad SMARTS) is 1. The molecule has 2 unspecified atom stereocenters. The van der Waals surface area contributed by atoms with Crippen LogP contribution in [0.2, 0.25) is 0 Å². The molecule has 1 aliphatic rings. The first kappa shape index (κ1) is 13.8. The number of nitrogens with zero attached hydrogens (tertiary/aromatic N) is 1. The molecule has 0 radical (unpaired) electrons. The number of amides is 1. The molecule has 0 bridgehead atoms. The third kappa shape index (κ3) is 3.32. The van der Waals surface area contributed by atoms with E-state index in [0.29, 0.717) is 12.8 Å². The van der Waals surface area contributed by atoms with Crippen LogP contribution in [0.5, 0.6) is 0 Å². The number of carboxylic acids is 1. The van der Waals surface area contributed by atoms with Gasteiger partial charge in [0.1, 0.15) is 0 Å². The van der Waals surface area contributed by atoms with E-state index in [4.69, 9.17) is 10.8 Å². The first-order valence-electron chi connectivity index (χ1n) is 5.06. The lowest BCUT2D eigenvalue weighted by Gasteiger charge is -2.26. The molecule has 1 saturated heterocycles. The highest BCUT2D eigenvalue weighted by Gasteiger charge is 2.47. The van der Waals surface area contributed by atoms with E-state index in [1.54, 1.807) is 0 Å². The molecule has 98 valence electrons. The SMILES string of the molecule is NC(=O)C1CCCN1CC(C(=O)O)C(F)(F)F. The molecule has 2 atom stereocenters. The minimum atomic E-state index is -4.82. The van der Waals surface area contributed by atoms with Gasteiger partial charge in [-0.25, -0.2) is 0 Å². The van der Waals surface area contributed by atoms with E-state index in [2.05, 4.69) is 0 Å². The van der Waals surface area contributed by atoms with E-state index in [0.717, 1.165) is 0 Å². The lowest BCUT2D eigenvalue weighted by atomic mass is 10.1. The van der Waals surface area contributed by atoms with Crippen LogP contribution in [-0.2, 0) is 9.59 Å². The average molecular weight is 254 g/mol.